The lowest BCUT2D eigenvalue weighted by Gasteiger charge is -2.49. The Morgan fingerprint density at radius 1 is 1.18 bits per heavy atom. The van der Waals surface area contributed by atoms with Crippen LogP contribution < -0.4 is 0 Å². The van der Waals surface area contributed by atoms with E-state index in [0.717, 1.165) is 5.57 Å². The van der Waals surface area contributed by atoms with Crippen LogP contribution in [0.15, 0.2) is 23.8 Å². The standard InChI is InChI=1S/C15H26O2/c1-13(2,3)11-8-7-9-15(10-16,12(11)17)14(4,5)6/h7-9,12,16-17H,10H2,1-6H3. The molecule has 0 saturated heterocycles. The van der Waals surface area contributed by atoms with E-state index in [4.69, 9.17) is 0 Å². The number of hydrogen-bond acceptors (Lipinski definition) is 2. The van der Waals surface area contributed by atoms with Gasteiger partial charge in [-0.25, -0.2) is 0 Å². The molecule has 0 fully saturated rings. The second kappa shape index (κ2) is 4.25. The molecule has 0 bridgehead atoms. The molecule has 0 aromatic rings. The largest absolute Gasteiger partial charge is 0.395 e. The molecule has 0 aliphatic heterocycles. The Labute approximate surface area is 105 Å². The number of rotatable bonds is 1. The maximum Gasteiger partial charge on any atom is 0.0876 e. The summed E-state index contributed by atoms with van der Waals surface area (Å²) in [6.07, 6.45) is 5.27. The molecule has 0 amide bonds. The predicted octanol–water partition coefficient (Wildman–Crippen LogP) is 2.91. The molecule has 17 heavy (non-hydrogen) atoms. The van der Waals surface area contributed by atoms with Gasteiger partial charge in [-0.15, -0.1) is 0 Å². The number of aliphatic hydroxyl groups is 2. The first-order valence-corrected chi connectivity index (χ1v) is 6.25. The first-order valence-electron chi connectivity index (χ1n) is 6.25. The second-order valence-corrected chi connectivity index (χ2v) is 7.08. The Kier molecular flexibility index (Phi) is 3.62. The van der Waals surface area contributed by atoms with Gasteiger partial charge in [-0.05, 0) is 16.4 Å². The van der Waals surface area contributed by atoms with Gasteiger partial charge in [0.05, 0.1) is 12.7 Å². The molecule has 2 nitrogen and oxygen atoms in total. The Morgan fingerprint density at radius 2 is 1.71 bits per heavy atom. The van der Waals surface area contributed by atoms with Crippen molar-refractivity contribution >= 4 is 0 Å². The summed E-state index contributed by atoms with van der Waals surface area (Å²) in [6, 6.07) is 0. The van der Waals surface area contributed by atoms with Crippen LogP contribution in [0.25, 0.3) is 0 Å². The lowest BCUT2D eigenvalue weighted by molar-refractivity contribution is -0.0439. The van der Waals surface area contributed by atoms with Crippen molar-refractivity contribution in [1.82, 2.24) is 0 Å². The molecule has 1 rings (SSSR count). The zero-order valence-corrected chi connectivity index (χ0v) is 11.9. The molecule has 1 aliphatic rings. The molecule has 0 aromatic carbocycles. The summed E-state index contributed by atoms with van der Waals surface area (Å²) in [5.41, 5.74) is 0.117. The average molecular weight is 238 g/mol. The van der Waals surface area contributed by atoms with Crippen LogP contribution in [0.4, 0.5) is 0 Å². The normalized spacial score (nSPS) is 30.4. The van der Waals surface area contributed by atoms with Crippen LogP contribution in [0.1, 0.15) is 41.5 Å². The van der Waals surface area contributed by atoms with Crippen molar-refractivity contribution in [3.05, 3.63) is 23.8 Å². The van der Waals surface area contributed by atoms with E-state index in [1.165, 1.54) is 0 Å². The molecular formula is C15H26O2. The fourth-order valence-electron chi connectivity index (χ4n) is 2.48. The highest BCUT2D eigenvalue weighted by molar-refractivity contribution is 5.33. The summed E-state index contributed by atoms with van der Waals surface area (Å²) >= 11 is 0. The molecule has 0 spiro atoms. The molecule has 1 aliphatic carbocycles. The third-order valence-electron chi connectivity index (χ3n) is 3.98. The minimum atomic E-state index is -0.627. The summed E-state index contributed by atoms with van der Waals surface area (Å²) in [6.45, 7) is 12.4. The molecule has 2 atom stereocenters. The highest BCUT2D eigenvalue weighted by atomic mass is 16.3. The number of aliphatic hydroxyl groups excluding tert-OH is 2. The molecule has 2 heteroatoms. The van der Waals surface area contributed by atoms with E-state index in [0.29, 0.717) is 0 Å². The lowest BCUT2D eigenvalue weighted by atomic mass is 9.58. The Hall–Kier alpha value is -0.600. The maximum atomic E-state index is 10.7. The lowest BCUT2D eigenvalue weighted by Crippen LogP contribution is -2.50. The van der Waals surface area contributed by atoms with Gasteiger partial charge in [0, 0.05) is 5.41 Å². The SMILES string of the molecule is CC(C)(C)C1=CC=CC(CO)(C(C)(C)C)C1O. The van der Waals surface area contributed by atoms with Gasteiger partial charge in [0.25, 0.3) is 0 Å². The van der Waals surface area contributed by atoms with E-state index < -0.39 is 11.5 Å². The Morgan fingerprint density at radius 3 is 2.06 bits per heavy atom. The van der Waals surface area contributed by atoms with Crippen molar-refractivity contribution < 1.29 is 10.2 Å². The van der Waals surface area contributed by atoms with E-state index in [9.17, 15) is 10.2 Å². The summed E-state index contributed by atoms with van der Waals surface area (Å²) < 4.78 is 0. The van der Waals surface area contributed by atoms with Crippen molar-refractivity contribution in [2.24, 2.45) is 16.2 Å². The third-order valence-corrected chi connectivity index (χ3v) is 3.98. The van der Waals surface area contributed by atoms with Crippen molar-refractivity contribution in [3.8, 4) is 0 Å². The first-order chi connectivity index (χ1) is 7.56. The average Bonchev–Trinajstić information content (AvgIpc) is 2.14. The van der Waals surface area contributed by atoms with Gasteiger partial charge in [-0.1, -0.05) is 59.8 Å². The van der Waals surface area contributed by atoms with E-state index in [1.807, 2.05) is 18.2 Å². The molecule has 0 heterocycles. The van der Waals surface area contributed by atoms with Crippen molar-refractivity contribution in [2.45, 2.75) is 47.6 Å². The zero-order chi connectivity index (χ0) is 13.5. The smallest absolute Gasteiger partial charge is 0.0876 e. The molecular weight excluding hydrogens is 212 g/mol. The van der Waals surface area contributed by atoms with Crippen LogP contribution in [-0.4, -0.2) is 22.9 Å². The minimum Gasteiger partial charge on any atom is -0.395 e. The highest BCUT2D eigenvalue weighted by Crippen LogP contribution is 2.49. The molecule has 2 N–H and O–H groups in total. The Bertz CT molecular complexity index is 339. The van der Waals surface area contributed by atoms with Crippen molar-refractivity contribution in [1.29, 1.82) is 0 Å². The van der Waals surface area contributed by atoms with Crippen molar-refractivity contribution in [3.63, 3.8) is 0 Å². The minimum absolute atomic E-state index is 0.0401. The summed E-state index contributed by atoms with van der Waals surface area (Å²) in [5, 5.41) is 20.5. The van der Waals surface area contributed by atoms with Gasteiger partial charge < -0.3 is 10.2 Å². The fourth-order valence-corrected chi connectivity index (χ4v) is 2.48. The van der Waals surface area contributed by atoms with E-state index in [1.54, 1.807) is 0 Å². The third kappa shape index (κ3) is 2.34. The van der Waals surface area contributed by atoms with Crippen LogP contribution in [0.5, 0.6) is 0 Å². The second-order valence-electron chi connectivity index (χ2n) is 7.08. The van der Waals surface area contributed by atoms with E-state index in [2.05, 4.69) is 41.5 Å². The van der Waals surface area contributed by atoms with Gasteiger partial charge in [-0.3, -0.25) is 0 Å². The summed E-state index contributed by atoms with van der Waals surface area (Å²) in [5.74, 6) is 0. The van der Waals surface area contributed by atoms with Gasteiger partial charge in [0.2, 0.25) is 0 Å². The monoisotopic (exact) mass is 238 g/mol. The predicted molar refractivity (Wildman–Crippen MR) is 71.7 cm³/mol. The fraction of sp³-hybridized carbons (Fsp3) is 0.733. The number of hydrogen-bond donors (Lipinski definition) is 2. The van der Waals surface area contributed by atoms with Gasteiger partial charge in [-0.2, -0.15) is 0 Å². The van der Waals surface area contributed by atoms with E-state index in [-0.39, 0.29) is 17.4 Å². The van der Waals surface area contributed by atoms with Crippen LogP contribution in [0.3, 0.4) is 0 Å². The molecule has 0 saturated carbocycles. The van der Waals surface area contributed by atoms with E-state index >= 15 is 0 Å². The zero-order valence-electron chi connectivity index (χ0n) is 11.9. The van der Waals surface area contributed by atoms with Crippen LogP contribution >= 0.6 is 0 Å². The van der Waals surface area contributed by atoms with Crippen LogP contribution in [0, 0.1) is 16.2 Å². The molecule has 0 aromatic heterocycles. The Balaban J connectivity index is 3.25. The van der Waals surface area contributed by atoms with Gasteiger partial charge >= 0.3 is 0 Å². The molecule has 98 valence electrons. The van der Waals surface area contributed by atoms with Crippen LogP contribution in [-0.2, 0) is 0 Å². The van der Waals surface area contributed by atoms with Crippen molar-refractivity contribution in [2.75, 3.05) is 6.61 Å². The van der Waals surface area contributed by atoms with Gasteiger partial charge in [0.15, 0.2) is 0 Å². The van der Waals surface area contributed by atoms with Gasteiger partial charge in [0.1, 0.15) is 0 Å². The summed E-state index contributed by atoms with van der Waals surface area (Å²) in [7, 11) is 0. The molecule has 2 unspecified atom stereocenters. The first kappa shape index (κ1) is 14.5. The summed E-state index contributed by atoms with van der Waals surface area (Å²) in [4.78, 5) is 0. The number of allylic oxidation sites excluding steroid dienone is 2. The highest BCUT2D eigenvalue weighted by Gasteiger charge is 2.49. The quantitative estimate of drug-likeness (QED) is 0.737. The topological polar surface area (TPSA) is 40.5 Å². The molecule has 0 radical (unpaired) electrons. The maximum absolute atomic E-state index is 10.7. The van der Waals surface area contributed by atoms with Crippen LogP contribution in [0.2, 0.25) is 0 Å².